The Morgan fingerprint density at radius 1 is 1.41 bits per heavy atom. The molecule has 17 heavy (non-hydrogen) atoms. The van der Waals surface area contributed by atoms with Gasteiger partial charge < -0.3 is 14.2 Å². The average Bonchev–Trinajstić information content (AvgIpc) is 2.15. The summed E-state index contributed by atoms with van der Waals surface area (Å²) in [6, 6.07) is 0. The summed E-state index contributed by atoms with van der Waals surface area (Å²) in [5.41, 5.74) is -0.323. The molecule has 1 saturated heterocycles. The number of hydrogen-bond donors (Lipinski definition) is 0. The highest BCUT2D eigenvalue weighted by atomic mass is 16.7. The maximum Gasteiger partial charge on any atom is 0.333 e. The molecule has 1 aliphatic rings. The molecule has 0 aliphatic carbocycles. The first-order chi connectivity index (χ1) is 7.82. The second-order valence-electron chi connectivity index (χ2n) is 4.48. The van der Waals surface area contributed by atoms with E-state index in [0.29, 0.717) is 25.0 Å². The SMILES string of the molecule is C=C(C)C(=O)OC1(C)CCOC(OC(C)=O)C1. The largest absolute Gasteiger partial charge is 0.456 e. The van der Waals surface area contributed by atoms with Crippen LogP contribution < -0.4 is 0 Å². The summed E-state index contributed by atoms with van der Waals surface area (Å²) in [6.45, 7) is 8.62. The van der Waals surface area contributed by atoms with E-state index in [-0.39, 0.29) is 0 Å². The third kappa shape index (κ3) is 4.19. The Bertz CT molecular complexity index is 336. The molecule has 1 rings (SSSR count). The maximum absolute atomic E-state index is 11.5. The van der Waals surface area contributed by atoms with Crippen LogP contribution in [0.1, 0.15) is 33.6 Å². The molecule has 0 saturated carbocycles. The number of esters is 2. The van der Waals surface area contributed by atoms with E-state index in [2.05, 4.69) is 6.58 Å². The van der Waals surface area contributed by atoms with Crippen LogP contribution in [0.2, 0.25) is 0 Å². The Morgan fingerprint density at radius 2 is 2.06 bits per heavy atom. The molecule has 0 radical (unpaired) electrons. The predicted octanol–water partition coefficient (Wildman–Crippen LogP) is 1.56. The van der Waals surface area contributed by atoms with Gasteiger partial charge in [-0.25, -0.2) is 4.79 Å². The van der Waals surface area contributed by atoms with Crippen molar-refractivity contribution in [2.45, 2.75) is 45.5 Å². The van der Waals surface area contributed by atoms with Gasteiger partial charge in [0, 0.05) is 25.3 Å². The highest BCUT2D eigenvalue weighted by molar-refractivity contribution is 5.87. The van der Waals surface area contributed by atoms with Gasteiger partial charge in [0.15, 0.2) is 0 Å². The van der Waals surface area contributed by atoms with E-state index < -0.39 is 23.8 Å². The molecular formula is C12H18O5. The van der Waals surface area contributed by atoms with Crippen molar-refractivity contribution in [3.8, 4) is 0 Å². The number of carbonyl (C=O) groups excluding carboxylic acids is 2. The van der Waals surface area contributed by atoms with Crippen molar-refractivity contribution in [2.24, 2.45) is 0 Å². The molecule has 0 amide bonds. The molecule has 0 bridgehead atoms. The van der Waals surface area contributed by atoms with Crippen LogP contribution in [0.3, 0.4) is 0 Å². The third-order valence-corrected chi connectivity index (χ3v) is 2.52. The molecule has 1 heterocycles. The van der Waals surface area contributed by atoms with Crippen molar-refractivity contribution in [3.63, 3.8) is 0 Å². The van der Waals surface area contributed by atoms with Gasteiger partial charge in [-0.15, -0.1) is 0 Å². The van der Waals surface area contributed by atoms with Crippen molar-refractivity contribution >= 4 is 11.9 Å². The first kappa shape index (κ1) is 13.7. The van der Waals surface area contributed by atoms with E-state index in [1.54, 1.807) is 13.8 Å². The first-order valence-electron chi connectivity index (χ1n) is 5.50. The lowest BCUT2D eigenvalue weighted by molar-refractivity contribution is -0.215. The van der Waals surface area contributed by atoms with Gasteiger partial charge in [0.25, 0.3) is 0 Å². The zero-order valence-electron chi connectivity index (χ0n) is 10.4. The van der Waals surface area contributed by atoms with Gasteiger partial charge in [-0.2, -0.15) is 0 Å². The van der Waals surface area contributed by atoms with E-state index in [0.717, 1.165) is 0 Å². The quantitative estimate of drug-likeness (QED) is 0.555. The molecule has 0 aromatic heterocycles. The van der Waals surface area contributed by atoms with E-state index >= 15 is 0 Å². The van der Waals surface area contributed by atoms with Gasteiger partial charge in [0.05, 0.1) is 6.61 Å². The molecule has 2 unspecified atom stereocenters. The minimum absolute atomic E-state index is 0.339. The van der Waals surface area contributed by atoms with Crippen LogP contribution in [0.15, 0.2) is 12.2 Å². The number of hydrogen-bond acceptors (Lipinski definition) is 5. The molecular weight excluding hydrogens is 224 g/mol. The molecule has 0 spiro atoms. The van der Waals surface area contributed by atoms with Gasteiger partial charge >= 0.3 is 11.9 Å². The summed E-state index contributed by atoms with van der Waals surface area (Å²) in [4.78, 5) is 22.3. The van der Waals surface area contributed by atoms with Crippen LogP contribution in [-0.4, -0.2) is 30.4 Å². The van der Waals surface area contributed by atoms with Crippen molar-refractivity contribution in [1.82, 2.24) is 0 Å². The number of ether oxygens (including phenoxy) is 3. The summed E-state index contributed by atoms with van der Waals surface area (Å²) < 4.78 is 15.6. The fourth-order valence-corrected chi connectivity index (χ4v) is 1.58. The molecule has 5 heteroatoms. The molecule has 1 aliphatic heterocycles. The summed E-state index contributed by atoms with van der Waals surface area (Å²) in [7, 11) is 0. The van der Waals surface area contributed by atoms with Crippen LogP contribution in [0, 0.1) is 0 Å². The Hall–Kier alpha value is -1.36. The summed E-state index contributed by atoms with van der Waals surface area (Å²) in [5.74, 6) is -0.846. The second kappa shape index (κ2) is 5.31. The lowest BCUT2D eigenvalue weighted by atomic mass is 9.95. The smallest absolute Gasteiger partial charge is 0.333 e. The first-order valence-corrected chi connectivity index (χ1v) is 5.50. The van der Waals surface area contributed by atoms with Crippen molar-refractivity contribution in [3.05, 3.63) is 12.2 Å². The predicted molar refractivity (Wildman–Crippen MR) is 60.1 cm³/mol. The molecule has 0 N–H and O–H groups in total. The lowest BCUT2D eigenvalue weighted by Gasteiger charge is -2.36. The van der Waals surface area contributed by atoms with Crippen LogP contribution in [0.4, 0.5) is 0 Å². The second-order valence-corrected chi connectivity index (χ2v) is 4.48. The summed E-state index contributed by atoms with van der Waals surface area (Å²) >= 11 is 0. The van der Waals surface area contributed by atoms with Gasteiger partial charge in [-0.3, -0.25) is 4.79 Å². The van der Waals surface area contributed by atoms with Crippen LogP contribution in [0.5, 0.6) is 0 Å². The monoisotopic (exact) mass is 242 g/mol. The van der Waals surface area contributed by atoms with Crippen molar-refractivity contribution in [1.29, 1.82) is 0 Å². The molecule has 2 atom stereocenters. The van der Waals surface area contributed by atoms with Crippen LogP contribution >= 0.6 is 0 Å². The van der Waals surface area contributed by atoms with Gasteiger partial charge in [0.2, 0.25) is 6.29 Å². The topological polar surface area (TPSA) is 61.8 Å². The minimum Gasteiger partial charge on any atom is -0.456 e. The minimum atomic E-state index is -0.672. The van der Waals surface area contributed by atoms with E-state index in [4.69, 9.17) is 14.2 Å². The summed E-state index contributed by atoms with van der Waals surface area (Å²) in [6.07, 6.45) is 0.263. The highest BCUT2D eigenvalue weighted by Gasteiger charge is 2.37. The molecule has 5 nitrogen and oxygen atoms in total. The zero-order chi connectivity index (χ0) is 13.1. The maximum atomic E-state index is 11.5. The van der Waals surface area contributed by atoms with Gasteiger partial charge in [0.1, 0.15) is 5.60 Å². The Morgan fingerprint density at radius 3 is 2.59 bits per heavy atom. The van der Waals surface area contributed by atoms with E-state index in [1.165, 1.54) is 6.92 Å². The van der Waals surface area contributed by atoms with Crippen LogP contribution in [-0.2, 0) is 23.8 Å². The molecule has 0 aromatic carbocycles. The van der Waals surface area contributed by atoms with Crippen molar-refractivity contribution in [2.75, 3.05) is 6.61 Å². The van der Waals surface area contributed by atoms with Crippen LogP contribution in [0.25, 0.3) is 0 Å². The average molecular weight is 242 g/mol. The highest BCUT2D eigenvalue weighted by Crippen LogP contribution is 2.29. The van der Waals surface area contributed by atoms with E-state index in [9.17, 15) is 9.59 Å². The van der Waals surface area contributed by atoms with E-state index in [1.807, 2.05) is 0 Å². The van der Waals surface area contributed by atoms with Gasteiger partial charge in [-0.05, 0) is 13.8 Å². The molecule has 96 valence electrons. The zero-order valence-corrected chi connectivity index (χ0v) is 10.4. The van der Waals surface area contributed by atoms with Crippen molar-refractivity contribution < 1.29 is 23.8 Å². The lowest BCUT2D eigenvalue weighted by Crippen LogP contribution is -2.43. The molecule has 0 aromatic rings. The molecule has 1 fully saturated rings. The standard InChI is InChI=1S/C12H18O5/c1-8(2)11(14)17-12(4)5-6-15-10(7-12)16-9(3)13/h10H,1,5-7H2,2-4H3. The fraction of sp³-hybridized carbons (Fsp3) is 0.667. The Balaban J connectivity index is 2.60. The number of rotatable bonds is 3. The Labute approximate surface area is 101 Å². The Kier molecular flexibility index (Phi) is 4.28. The fourth-order valence-electron chi connectivity index (χ4n) is 1.58. The third-order valence-electron chi connectivity index (χ3n) is 2.52. The summed E-state index contributed by atoms with van der Waals surface area (Å²) in [5, 5.41) is 0. The van der Waals surface area contributed by atoms with Gasteiger partial charge in [-0.1, -0.05) is 6.58 Å². The normalized spacial score (nSPS) is 28.3. The number of carbonyl (C=O) groups is 2.